The zero-order chi connectivity index (χ0) is 19.2. The topological polar surface area (TPSA) is 105 Å². The summed E-state index contributed by atoms with van der Waals surface area (Å²) in [5.41, 5.74) is 1.23. The minimum Gasteiger partial charge on any atom is -0.350 e. The van der Waals surface area contributed by atoms with E-state index in [9.17, 15) is 18.0 Å². The fourth-order valence-corrected chi connectivity index (χ4v) is 3.39. The number of carbonyl (C=O) groups excluding carboxylic acids is 2. The van der Waals surface area contributed by atoms with Crippen molar-refractivity contribution in [3.8, 4) is 0 Å². The van der Waals surface area contributed by atoms with Crippen LogP contribution in [0.4, 0.5) is 0 Å². The minimum atomic E-state index is -3.78. The van der Waals surface area contributed by atoms with E-state index in [1.807, 2.05) is 6.92 Å². The number of hydrogen-bond acceptors (Lipinski definition) is 5. The second kappa shape index (κ2) is 8.68. The maximum atomic E-state index is 12.3. The largest absolute Gasteiger partial charge is 0.350 e. The molecule has 0 saturated heterocycles. The summed E-state index contributed by atoms with van der Waals surface area (Å²) < 4.78 is 26.9. The van der Waals surface area contributed by atoms with Crippen LogP contribution < -0.4 is 10.0 Å². The molecule has 0 aliphatic carbocycles. The summed E-state index contributed by atoms with van der Waals surface area (Å²) in [5.74, 6) is -0.485. The van der Waals surface area contributed by atoms with Crippen molar-refractivity contribution in [2.24, 2.45) is 0 Å². The molecule has 1 aromatic heterocycles. The van der Waals surface area contributed by atoms with Gasteiger partial charge in [0.2, 0.25) is 15.9 Å². The van der Waals surface area contributed by atoms with Gasteiger partial charge in [0, 0.05) is 30.9 Å². The molecule has 2 N–H and O–H groups in total. The molecule has 2 aromatic rings. The van der Waals surface area contributed by atoms with Crippen molar-refractivity contribution in [2.45, 2.75) is 31.2 Å². The lowest BCUT2D eigenvalue weighted by molar-refractivity contribution is -0.121. The quantitative estimate of drug-likeness (QED) is 0.685. The minimum absolute atomic E-state index is 0.00104. The number of hydrogen-bond donors (Lipinski definition) is 2. The summed E-state index contributed by atoms with van der Waals surface area (Å²) in [7, 11) is -3.78. The molecule has 0 saturated carbocycles. The summed E-state index contributed by atoms with van der Waals surface area (Å²) in [4.78, 5) is 27.3. The van der Waals surface area contributed by atoms with Crippen LogP contribution in [0.1, 0.15) is 42.2 Å². The van der Waals surface area contributed by atoms with Crippen LogP contribution >= 0.6 is 0 Å². The molecule has 0 spiro atoms. The van der Waals surface area contributed by atoms with Crippen LogP contribution in [-0.4, -0.2) is 31.6 Å². The van der Waals surface area contributed by atoms with E-state index in [1.54, 1.807) is 30.6 Å². The van der Waals surface area contributed by atoms with Crippen molar-refractivity contribution in [1.82, 2.24) is 15.0 Å². The number of rotatable bonds is 8. The lowest BCUT2D eigenvalue weighted by Crippen LogP contribution is -2.32. The van der Waals surface area contributed by atoms with Gasteiger partial charge in [0.15, 0.2) is 5.78 Å². The third-order valence-corrected chi connectivity index (χ3v) is 5.24. The molecule has 0 aliphatic heterocycles. The van der Waals surface area contributed by atoms with Crippen LogP contribution in [0.25, 0.3) is 0 Å². The van der Waals surface area contributed by atoms with Crippen molar-refractivity contribution in [3.63, 3.8) is 0 Å². The average Bonchev–Trinajstić information content (AvgIpc) is 2.62. The Hall–Kier alpha value is -2.58. The normalized spacial score (nSPS) is 12.4. The molecule has 8 heteroatoms. The molecule has 1 aromatic carbocycles. The molecule has 0 aliphatic rings. The van der Waals surface area contributed by atoms with Crippen molar-refractivity contribution < 1.29 is 18.0 Å². The standard InChI is InChI=1S/C18H21N3O4S/c1-13(15-6-9-19-10-7-15)21-18(23)8-11-20-26(24,25)17-5-3-4-16(12-17)14(2)22/h3-7,9-10,12-13,20H,8,11H2,1-2H3,(H,21,23)/t13-/m0/s1. The molecule has 0 fully saturated rings. The summed E-state index contributed by atoms with van der Waals surface area (Å²) >= 11 is 0. The van der Waals surface area contributed by atoms with Gasteiger partial charge in [-0.2, -0.15) is 0 Å². The molecule has 0 bridgehead atoms. The molecule has 26 heavy (non-hydrogen) atoms. The van der Waals surface area contributed by atoms with Crippen molar-refractivity contribution >= 4 is 21.7 Å². The predicted molar refractivity (Wildman–Crippen MR) is 97.0 cm³/mol. The first-order chi connectivity index (χ1) is 12.3. The van der Waals surface area contributed by atoms with Crippen LogP contribution in [0.3, 0.4) is 0 Å². The van der Waals surface area contributed by atoms with Gasteiger partial charge in [-0.1, -0.05) is 12.1 Å². The van der Waals surface area contributed by atoms with E-state index in [-0.39, 0.29) is 35.6 Å². The third kappa shape index (κ3) is 5.47. The molecule has 0 radical (unpaired) electrons. The van der Waals surface area contributed by atoms with E-state index >= 15 is 0 Å². The number of ketones is 1. The van der Waals surface area contributed by atoms with E-state index in [0.717, 1.165) is 5.56 Å². The first-order valence-corrected chi connectivity index (χ1v) is 9.58. The van der Waals surface area contributed by atoms with Crippen LogP contribution in [0, 0.1) is 0 Å². The molecule has 0 unspecified atom stereocenters. The average molecular weight is 375 g/mol. The highest BCUT2D eigenvalue weighted by molar-refractivity contribution is 7.89. The Morgan fingerprint density at radius 3 is 2.50 bits per heavy atom. The highest BCUT2D eigenvalue weighted by Gasteiger charge is 2.16. The first-order valence-electron chi connectivity index (χ1n) is 8.09. The number of benzene rings is 1. The maximum Gasteiger partial charge on any atom is 0.240 e. The Bertz CT molecular complexity index is 882. The monoisotopic (exact) mass is 375 g/mol. The van der Waals surface area contributed by atoms with E-state index in [4.69, 9.17) is 0 Å². The molecular weight excluding hydrogens is 354 g/mol. The number of nitrogens with zero attached hydrogens (tertiary/aromatic N) is 1. The Kier molecular flexibility index (Phi) is 6.59. The molecule has 2 rings (SSSR count). The second-order valence-corrected chi connectivity index (χ2v) is 7.57. The van der Waals surface area contributed by atoms with Gasteiger partial charge in [-0.3, -0.25) is 14.6 Å². The zero-order valence-corrected chi connectivity index (χ0v) is 15.4. The summed E-state index contributed by atoms with van der Waals surface area (Å²) in [6, 6.07) is 9.18. The first kappa shape index (κ1) is 19.7. The van der Waals surface area contributed by atoms with Crippen molar-refractivity contribution in [1.29, 1.82) is 0 Å². The molecule has 1 atom stereocenters. The summed E-state index contributed by atoms with van der Waals surface area (Å²) in [6.45, 7) is 3.17. The molecule has 138 valence electrons. The number of pyridine rings is 1. The van der Waals surface area contributed by atoms with Gasteiger partial charge in [0.05, 0.1) is 10.9 Å². The molecular formula is C18H21N3O4S. The smallest absolute Gasteiger partial charge is 0.240 e. The van der Waals surface area contributed by atoms with Crippen molar-refractivity contribution in [3.05, 3.63) is 59.9 Å². The lowest BCUT2D eigenvalue weighted by Gasteiger charge is -2.14. The number of carbonyl (C=O) groups is 2. The zero-order valence-electron chi connectivity index (χ0n) is 14.6. The fourth-order valence-electron chi connectivity index (χ4n) is 2.31. The third-order valence-electron chi connectivity index (χ3n) is 3.78. The Balaban J connectivity index is 1.89. The van der Waals surface area contributed by atoms with E-state index in [0.29, 0.717) is 5.56 Å². The molecule has 7 nitrogen and oxygen atoms in total. The fraction of sp³-hybridized carbons (Fsp3) is 0.278. The van der Waals surface area contributed by atoms with E-state index in [2.05, 4.69) is 15.0 Å². The Labute approximate surface area is 152 Å². The molecule has 1 amide bonds. The number of Topliss-reactive ketones (excluding diaryl/α,β-unsaturated/α-hetero) is 1. The highest BCUT2D eigenvalue weighted by Crippen LogP contribution is 2.12. The van der Waals surface area contributed by atoms with Crippen LogP contribution in [-0.2, 0) is 14.8 Å². The number of amides is 1. The Morgan fingerprint density at radius 1 is 1.15 bits per heavy atom. The Morgan fingerprint density at radius 2 is 1.85 bits per heavy atom. The SMILES string of the molecule is CC(=O)c1cccc(S(=O)(=O)NCCC(=O)N[C@@H](C)c2ccncc2)c1. The van der Waals surface area contributed by atoms with Gasteiger partial charge >= 0.3 is 0 Å². The van der Waals surface area contributed by atoms with Gasteiger partial charge in [0.25, 0.3) is 0 Å². The number of aromatic nitrogens is 1. The van der Waals surface area contributed by atoms with Gasteiger partial charge in [-0.15, -0.1) is 0 Å². The van der Waals surface area contributed by atoms with Gasteiger partial charge in [-0.05, 0) is 43.7 Å². The number of sulfonamides is 1. The maximum absolute atomic E-state index is 12.3. The van der Waals surface area contributed by atoms with Gasteiger partial charge in [-0.25, -0.2) is 13.1 Å². The van der Waals surface area contributed by atoms with E-state index < -0.39 is 10.0 Å². The second-order valence-electron chi connectivity index (χ2n) is 5.80. The predicted octanol–water partition coefficient (Wildman–Crippen LogP) is 1.83. The van der Waals surface area contributed by atoms with Gasteiger partial charge in [0.1, 0.15) is 0 Å². The highest BCUT2D eigenvalue weighted by atomic mass is 32.2. The molecule has 1 heterocycles. The summed E-state index contributed by atoms with van der Waals surface area (Å²) in [5, 5.41) is 2.80. The van der Waals surface area contributed by atoms with Crippen LogP contribution in [0.15, 0.2) is 53.7 Å². The lowest BCUT2D eigenvalue weighted by atomic mass is 10.1. The van der Waals surface area contributed by atoms with Gasteiger partial charge < -0.3 is 5.32 Å². The van der Waals surface area contributed by atoms with E-state index in [1.165, 1.54) is 25.1 Å². The number of nitrogens with one attached hydrogen (secondary N) is 2. The summed E-state index contributed by atoms with van der Waals surface area (Å²) in [6.07, 6.45) is 3.28. The van der Waals surface area contributed by atoms with Crippen LogP contribution in [0.5, 0.6) is 0 Å². The van der Waals surface area contributed by atoms with Crippen LogP contribution in [0.2, 0.25) is 0 Å². The van der Waals surface area contributed by atoms with Crippen molar-refractivity contribution in [2.75, 3.05) is 6.54 Å².